The van der Waals surface area contributed by atoms with Gasteiger partial charge in [-0.2, -0.15) is 0 Å². The SMILES string of the molecule is c1cc2cc(c1)CCc1ccc(cc1CCCN1CCOCC1)CC2. The summed E-state index contributed by atoms with van der Waals surface area (Å²) in [4.78, 5) is 2.55. The monoisotopic (exact) mass is 335 g/mol. The zero-order valence-corrected chi connectivity index (χ0v) is 15.2. The molecule has 1 aliphatic heterocycles. The summed E-state index contributed by atoms with van der Waals surface area (Å²) in [6.07, 6.45) is 7.09. The minimum atomic E-state index is 0.902. The third-order valence-electron chi connectivity index (χ3n) is 5.67. The molecular formula is C23H29NO. The molecule has 2 aromatic rings. The number of hydrogen-bond acceptors (Lipinski definition) is 2. The Balaban J connectivity index is 1.45. The molecular weight excluding hydrogens is 306 g/mol. The lowest BCUT2D eigenvalue weighted by molar-refractivity contribution is 0.0374. The second-order valence-electron chi connectivity index (χ2n) is 7.48. The van der Waals surface area contributed by atoms with Crippen molar-refractivity contribution in [1.29, 1.82) is 0 Å². The number of hydrogen-bond donors (Lipinski definition) is 0. The maximum Gasteiger partial charge on any atom is 0.0594 e. The van der Waals surface area contributed by atoms with Gasteiger partial charge in [0, 0.05) is 13.1 Å². The predicted octanol–water partition coefficient (Wildman–Crippen LogP) is 3.84. The Morgan fingerprint density at radius 2 is 1.52 bits per heavy atom. The highest BCUT2D eigenvalue weighted by atomic mass is 16.5. The summed E-state index contributed by atoms with van der Waals surface area (Å²) in [7, 11) is 0. The molecule has 0 radical (unpaired) electrons. The van der Waals surface area contributed by atoms with Crippen molar-refractivity contribution >= 4 is 0 Å². The van der Waals surface area contributed by atoms with Crippen molar-refractivity contribution in [2.24, 2.45) is 0 Å². The Bertz CT molecular complexity index is 703. The number of ether oxygens (including phenoxy) is 1. The molecule has 0 N–H and O–H groups in total. The fourth-order valence-electron chi connectivity index (χ4n) is 4.14. The molecule has 0 atom stereocenters. The molecule has 2 nitrogen and oxygen atoms in total. The first kappa shape index (κ1) is 16.8. The van der Waals surface area contributed by atoms with E-state index < -0.39 is 0 Å². The van der Waals surface area contributed by atoms with Crippen molar-refractivity contribution in [2.75, 3.05) is 32.8 Å². The van der Waals surface area contributed by atoms with E-state index in [1.54, 1.807) is 11.1 Å². The molecule has 0 aromatic heterocycles. The quantitative estimate of drug-likeness (QED) is 0.842. The number of benzene rings is 2. The van der Waals surface area contributed by atoms with E-state index in [-0.39, 0.29) is 0 Å². The van der Waals surface area contributed by atoms with Crippen LogP contribution in [0.2, 0.25) is 0 Å². The highest BCUT2D eigenvalue weighted by molar-refractivity contribution is 5.35. The molecule has 1 heterocycles. The molecule has 0 saturated carbocycles. The maximum atomic E-state index is 5.45. The Kier molecular flexibility index (Phi) is 5.49. The van der Waals surface area contributed by atoms with Crippen LogP contribution in [0.5, 0.6) is 0 Å². The molecule has 0 amide bonds. The Morgan fingerprint density at radius 3 is 2.32 bits per heavy atom. The molecule has 0 spiro atoms. The van der Waals surface area contributed by atoms with Gasteiger partial charge in [0.1, 0.15) is 0 Å². The first-order chi connectivity index (χ1) is 12.4. The molecule has 0 unspecified atom stereocenters. The average Bonchev–Trinajstić information content (AvgIpc) is 2.70. The lowest BCUT2D eigenvalue weighted by Gasteiger charge is -2.26. The topological polar surface area (TPSA) is 12.5 Å². The molecule has 25 heavy (non-hydrogen) atoms. The van der Waals surface area contributed by atoms with Gasteiger partial charge >= 0.3 is 0 Å². The summed E-state index contributed by atoms with van der Waals surface area (Å²) in [5, 5.41) is 0. The van der Waals surface area contributed by atoms with Crippen LogP contribution >= 0.6 is 0 Å². The molecule has 4 bridgehead atoms. The summed E-state index contributed by atoms with van der Waals surface area (Å²) >= 11 is 0. The van der Waals surface area contributed by atoms with E-state index in [1.165, 1.54) is 36.1 Å². The van der Waals surface area contributed by atoms with E-state index in [1.807, 2.05) is 0 Å². The van der Waals surface area contributed by atoms with Gasteiger partial charge in [0.05, 0.1) is 13.2 Å². The zero-order valence-electron chi connectivity index (χ0n) is 15.2. The second kappa shape index (κ2) is 8.16. The van der Waals surface area contributed by atoms with Crippen LogP contribution in [0.25, 0.3) is 0 Å². The van der Waals surface area contributed by atoms with Gasteiger partial charge in [-0.3, -0.25) is 4.90 Å². The lowest BCUT2D eigenvalue weighted by Crippen LogP contribution is -2.36. The maximum absolute atomic E-state index is 5.45. The van der Waals surface area contributed by atoms with Gasteiger partial charge in [0.2, 0.25) is 0 Å². The molecule has 3 aliphatic rings. The smallest absolute Gasteiger partial charge is 0.0594 e. The predicted molar refractivity (Wildman–Crippen MR) is 103 cm³/mol. The molecule has 132 valence electrons. The third-order valence-corrected chi connectivity index (χ3v) is 5.67. The van der Waals surface area contributed by atoms with Gasteiger partial charge in [-0.1, -0.05) is 42.5 Å². The van der Waals surface area contributed by atoms with Gasteiger partial charge in [0.15, 0.2) is 0 Å². The molecule has 1 fully saturated rings. The molecule has 2 aliphatic carbocycles. The molecule has 2 aromatic carbocycles. The molecule has 5 rings (SSSR count). The van der Waals surface area contributed by atoms with Crippen LogP contribution in [0.15, 0.2) is 42.5 Å². The Labute approximate surface area is 151 Å². The fraction of sp³-hybridized carbons (Fsp3) is 0.478. The van der Waals surface area contributed by atoms with Crippen LogP contribution < -0.4 is 0 Å². The normalized spacial score (nSPS) is 18.1. The van der Waals surface area contributed by atoms with E-state index in [0.29, 0.717) is 0 Å². The number of rotatable bonds is 4. The lowest BCUT2D eigenvalue weighted by atomic mass is 9.95. The van der Waals surface area contributed by atoms with Crippen LogP contribution in [-0.2, 0) is 36.8 Å². The Morgan fingerprint density at radius 1 is 0.800 bits per heavy atom. The summed E-state index contributed by atoms with van der Waals surface area (Å²) in [6, 6.07) is 16.4. The van der Waals surface area contributed by atoms with Gasteiger partial charge in [-0.15, -0.1) is 0 Å². The van der Waals surface area contributed by atoms with E-state index in [2.05, 4.69) is 47.4 Å². The summed E-state index contributed by atoms with van der Waals surface area (Å²) < 4.78 is 5.45. The van der Waals surface area contributed by atoms with Crippen molar-refractivity contribution in [3.63, 3.8) is 0 Å². The largest absolute Gasteiger partial charge is 0.379 e. The third kappa shape index (κ3) is 4.50. The van der Waals surface area contributed by atoms with Gasteiger partial charge in [-0.05, 0) is 72.9 Å². The number of fused-ring (bicyclic) bond motifs is 4. The number of nitrogens with zero attached hydrogens (tertiary/aromatic N) is 1. The van der Waals surface area contributed by atoms with E-state index >= 15 is 0 Å². The summed E-state index contributed by atoms with van der Waals surface area (Å²) in [5.74, 6) is 0. The van der Waals surface area contributed by atoms with Crippen LogP contribution in [0, 0.1) is 0 Å². The van der Waals surface area contributed by atoms with Crippen LogP contribution in [0.4, 0.5) is 0 Å². The van der Waals surface area contributed by atoms with Gasteiger partial charge in [-0.25, -0.2) is 0 Å². The van der Waals surface area contributed by atoms with Crippen molar-refractivity contribution < 1.29 is 4.74 Å². The standard InChI is InChI=1S/C23H29NO/c1-3-19-6-7-21-9-11-22(10-8-20(4-1)17-19)23(18-21)5-2-12-24-13-15-25-16-14-24/h1,3-4,9,11,17-18H,2,5-8,10,12-16H2. The molecule has 1 saturated heterocycles. The van der Waals surface area contributed by atoms with Crippen LogP contribution in [-0.4, -0.2) is 37.7 Å². The molecule has 2 heteroatoms. The first-order valence-corrected chi connectivity index (χ1v) is 9.85. The minimum Gasteiger partial charge on any atom is -0.379 e. The number of aryl methyl sites for hydroxylation is 5. The zero-order chi connectivity index (χ0) is 16.9. The fourth-order valence-corrected chi connectivity index (χ4v) is 4.14. The van der Waals surface area contributed by atoms with Crippen molar-refractivity contribution in [3.8, 4) is 0 Å². The highest BCUT2D eigenvalue weighted by Gasteiger charge is 2.11. The van der Waals surface area contributed by atoms with Gasteiger partial charge in [0.25, 0.3) is 0 Å². The van der Waals surface area contributed by atoms with Crippen molar-refractivity contribution in [2.45, 2.75) is 38.5 Å². The average molecular weight is 335 g/mol. The van der Waals surface area contributed by atoms with E-state index in [9.17, 15) is 0 Å². The van der Waals surface area contributed by atoms with Crippen molar-refractivity contribution in [1.82, 2.24) is 4.90 Å². The summed E-state index contributed by atoms with van der Waals surface area (Å²) in [6.45, 7) is 5.21. The first-order valence-electron chi connectivity index (χ1n) is 9.85. The Hall–Kier alpha value is -1.64. The van der Waals surface area contributed by atoms with Crippen molar-refractivity contribution in [3.05, 3.63) is 70.3 Å². The summed E-state index contributed by atoms with van der Waals surface area (Å²) in [5.41, 5.74) is 7.61. The van der Waals surface area contributed by atoms with E-state index in [0.717, 1.165) is 52.0 Å². The van der Waals surface area contributed by atoms with E-state index in [4.69, 9.17) is 4.74 Å². The minimum absolute atomic E-state index is 0.902. The number of morpholine rings is 1. The second-order valence-corrected chi connectivity index (χ2v) is 7.48. The van der Waals surface area contributed by atoms with Crippen LogP contribution in [0.1, 0.15) is 34.2 Å². The van der Waals surface area contributed by atoms with Gasteiger partial charge < -0.3 is 4.74 Å². The van der Waals surface area contributed by atoms with Crippen LogP contribution in [0.3, 0.4) is 0 Å². The highest BCUT2D eigenvalue weighted by Crippen LogP contribution is 2.21.